The number of amides is 2. The van der Waals surface area contributed by atoms with Crippen LogP contribution in [-0.4, -0.2) is 47.5 Å². The normalized spacial score (nSPS) is 20.2. The van der Waals surface area contributed by atoms with Crippen molar-refractivity contribution in [1.29, 1.82) is 0 Å². The Morgan fingerprint density at radius 2 is 1.97 bits per heavy atom. The molecule has 0 aliphatic carbocycles. The van der Waals surface area contributed by atoms with Gasteiger partial charge in [-0.3, -0.25) is 14.5 Å². The van der Waals surface area contributed by atoms with Crippen LogP contribution in [0, 0.1) is 25.6 Å². The van der Waals surface area contributed by atoms with Crippen LogP contribution >= 0.6 is 11.6 Å². The Labute approximate surface area is 173 Å². The smallest absolute Gasteiger partial charge is 0.251 e. The fraction of sp³-hybridized carbons (Fsp3) is 0.381. The number of rotatable bonds is 4. The van der Waals surface area contributed by atoms with Crippen LogP contribution in [-0.2, 0) is 20.9 Å². The molecule has 29 heavy (non-hydrogen) atoms. The lowest BCUT2D eigenvalue weighted by atomic mass is 9.92. The quantitative estimate of drug-likeness (QED) is 0.767. The van der Waals surface area contributed by atoms with Gasteiger partial charge in [0.2, 0.25) is 5.91 Å². The molecule has 2 aromatic rings. The van der Waals surface area contributed by atoms with Gasteiger partial charge < -0.3 is 9.64 Å². The predicted octanol–water partition coefficient (Wildman–Crippen LogP) is 2.88. The van der Waals surface area contributed by atoms with Gasteiger partial charge in [-0.05, 0) is 36.6 Å². The lowest BCUT2D eigenvalue weighted by Gasteiger charge is -2.45. The molecule has 0 N–H and O–H groups in total. The number of pyridine rings is 1. The third-order valence-corrected chi connectivity index (χ3v) is 5.75. The minimum absolute atomic E-state index is 0.127. The van der Waals surface area contributed by atoms with E-state index in [4.69, 9.17) is 16.3 Å². The summed E-state index contributed by atoms with van der Waals surface area (Å²) >= 11 is 5.77. The molecule has 0 bridgehead atoms. The average molecular weight is 418 g/mol. The van der Waals surface area contributed by atoms with E-state index in [1.165, 1.54) is 6.20 Å². The maximum atomic E-state index is 14.4. The first-order chi connectivity index (χ1) is 13.8. The summed E-state index contributed by atoms with van der Waals surface area (Å²) in [6, 6.07) is 6.35. The zero-order valence-corrected chi connectivity index (χ0v) is 16.9. The van der Waals surface area contributed by atoms with Crippen molar-refractivity contribution in [3.8, 4) is 0 Å². The van der Waals surface area contributed by atoms with Crippen LogP contribution in [0.1, 0.15) is 16.7 Å². The molecule has 4 rings (SSSR count). The monoisotopic (exact) mass is 417 g/mol. The number of carbonyl (C=O) groups is 2. The van der Waals surface area contributed by atoms with Crippen LogP contribution in [0.25, 0.3) is 0 Å². The number of halogens is 2. The van der Waals surface area contributed by atoms with E-state index in [1.807, 2.05) is 32.0 Å². The zero-order chi connectivity index (χ0) is 20.7. The third kappa shape index (κ3) is 3.72. The second-order valence-electron chi connectivity index (χ2n) is 7.57. The molecule has 1 unspecified atom stereocenters. The van der Waals surface area contributed by atoms with Crippen LogP contribution in [0.3, 0.4) is 0 Å². The Balaban J connectivity index is 1.66. The van der Waals surface area contributed by atoms with E-state index in [2.05, 4.69) is 4.98 Å². The first-order valence-electron chi connectivity index (χ1n) is 9.41. The molecular weight excluding hydrogens is 397 g/mol. The number of hydrogen-bond donors (Lipinski definition) is 0. The summed E-state index contributed by atoms with van der Waals surface area (Å²) in [4.78, 5) is 33.0. The number of nitrogens with zero attached hydrogens (tertiary/aromatic N) is 3. The van der Waals surface area contributed by atoms with Gasteiger partial charge in [0.1, 0.15) is 12.6 Å². The van der Waals surface area contributed by atoms with Crippen LogP contribution < -0.4 is 4.90 Å². The molecule has 0 radical (unpaired) electrons. The van der Waals surface area contributed by atoms with Crippen molar-refractivity contribution >= 4 is 29.2 Å². The molecular formula is C21H21ClFN3O3. The molecule has 3 heterocycles. The zero-order valence-electron chi connectivity index (χ0n) is 16.2. The van der Waals surface area contributed by atoms with Gasteiger partial charge in [-0.15, -0.1) is 0 Å². The van der Waals surface area contributed by atoms with Gasteiger partial charge in [-0.2, -0.15) is 0 Å². The molecule has 6 nitrogen and oxygen atoms in total. The summed E-state index contributed by atoms with van der Waals surface area (Å²) < 4.78 is 19.7. The maximum absolute atomic E-state index is 14.4. The van der Waals surface area contributed by atoms with Gasteiger partial charge in [-0.25, -0.2) is 9.37 Å². The first-order valence-corrected chi connectivity index (χ1v) is 9.78. The summed E-state index contributed by atoms with van der Waals surface area (Å²) in [6.45, 7) is 4.86. The van der Waals surface area contributed by atoms with E-state index >= 15 is 0 Å². The molecule has 8 heteroatoms. The summed E-state index contributed by atoms with van der Waals surface area (Å²) in [5.41, 5.74) is 3.23. The number of hydrogen-bond acceptors (Lipinski definition) is 4. The Kier molecular flexibility index (Phi) is 5.27. The lowest BCUT2D eigenvalue weighted by Crippen LogP contribution is -2.65. The second-order valence-corrected chi connectivity index (χ2v) is 8.00. The summed E-state index contributed by atoms with van der Waals surface area (Å²) in [5.74, 6) is -1.64. The molecule has 0 spiro atoms. The number of ether oxygens (including phenoxy) is 1. The van der Waals surface area contributed by atoms with Crippen molar-refractivity contribution in [3.63, 3.8) is 0 Å². The van der Waals surface area contributed by atoms with E-state index in [1.54, 1.807) is 4.90 Å². The highest BCUT2D eigenvalue weighted by Gasteiger charge is 2.47. The second kappa shape index (κ2) is 7.72. The van der Waals surface area contributed by atoms with Crippen LogP contribution in [0.5, 0.6) is 0 Å². The standard InChI is InChI=1S/C21H21ClFN3O3/c1-12-3-4-14(5-13(12)2)8-25-18(27)9-26(20-17(23)6-16(22)7-24-20)21(28)19(25)15-10-29-11-15/h3-7,15,19H,8-11H2,1-2H3. The fourth-order valence-electron chi connectivity index (χ4n) is 3.71. The van der Waals surface area contributed by atoms with Gasteiger partial charge in [0.15, 0.2) is 11.6 Å². The van der Waals surface area contributed by atoms with E-state index in [0.717, 1.165) is 27.7 Å². The van der Waals surface area contributed by atoms with Crippen molar-refractivity contribution in [3.05, 3.63) is 58.0 Å². The van der Waals surface area contributed by atoms with Crippen molar-refractivity contribution in [2.24, 2.45) is 5.92 Å². The topological polar surface area (TPSA) is 62.7 Å². The molecule has 152 valence electrons. The number of benzene rings is 1. The average Bonchev–Trinajstić information content (AvgIpc) is 2.62. The largest absolute Gasteiger partial charge is 0.380 e. The van der Waals surface area contributed by atoms with Crippen LogP contribution in [0.15, 0.2) is 30.5 Å². The van der Waals surface area contributed by atoms with Crippen LogP contribution in [0.4, 0.5) is 10.2 Å². The summed E-state index contributed by atoms with van der Waals surface area (Å²) in [6.07, 6.45) is 1.26. The maximum Gasteiger partial charge on any atom is 0.251 e. The molecule has 1 aromatic heterocycles. The lowest BCUT2D eigenvalue weighted by molar-refractivity contribution is -0.155. The van der Waals surface area contributed by atoms with Gasteiger partial charge in [0.05, 0.1) is 18.2 Å². The SMILES string of the molecule is Cc1ccc(CN2C(=O)CN(c3ncc(Cl)cc3F)C(=O)C2C2COC2)cc1C. The Hall–Kier alpha value is -2.51. The highest BCUT2D eigenvalue weighted by atomic mass is 35.5. The molecule has 2 amide bonds. The van der Waals surface area contributed by atoms with E-state index < -0.39 is 11.9 Å². The summed E-state index contributed by atoms with van der Waals surface area (Å²) in [7, 11) is 0. The molecule has 2 aliphatic heterocycles. The Morgan fingerprint density at radius 3 is 2.59 bits per heavy atom. The van der Waals surface area contributed by atoms with Crippen molar-refractivity contribution in [2.45, 2.75) is 26.4 Å². The third-order valence-electron chi connectivity index (χ3n) is 5.55. The number of piperazine rings is 1. The van der Waals surface area contributed by atoms with Gasteiger partial charge in [-0.1, -0.05) is 29.8 Å². The van der Waals surface area contributed by atoms with Crippen LogP contribution in [0.2, 0.25) is 5.02 Å². The first kappa shape index (κ1) is 19.8. The van der Waals surface area contributed by atoms with E-state index in [0.29, 0.717) is 19.8 Å². The van der Waals surface area contributed by atoms with Crippen molar-refractivity contribution in [2.75, 3.05) is 24.7 Å². The Morgan fingerprint density at radius 1 is 1.21 bits per heavy atom. The summed E-state index contributed by atoms with van der Waals surface area (Å²) in [5, 5.41) is 0.127. The number of carbonyl (C=O) groups excluding carboxylic acids is 2. The molecule has 1 atom stereocenters. The van der Waals surface area contributed by atoms with Gasteiger partial charge in [0.25, 0.3) is 5.91 Å². The van der Waals surface area contributed by atoms with Gasteiger partial charge in [0, 0.05) is 18.7 Å². The number of aryl methyl sites for hydroxylation is 2. The minimum atomic E-state index is -0.732. The van der Waals surface area contributed by atoms with Crippen molar-refractivity contribution < 1.29 is 18.7 Å². The molecule has 2 saturated heterocycles. The predicted molar refractivity (Wildman–Crippen MR) is 106 cm³/mol. The number of aromatic nitrogens is 1. The fourth-order valence-corrected chi connectivity index (χ4v) is 3.86. The van der Waals surface area contributed by atoms with Crippen molar-refractivity contribution in [1.82, 2.24) is 9.88 Å². The van der Waals surface area contributed by atoms with Gasteiger partial charge >= 0.3 is 0 Å². The highest BCUT2D eigenvalue weighted by molar-refractivity contribution is 6.30. The molecule has 1 aromatic carbocycles. The Bertz CT molecular complexity index is 980. The number of anilines is 1. The van der Waals surface area contributed by atoms with E-state index in [9.17, 15) is 14.0 Å². The minimum Gasteiger partial charge on any atom is -0.380 e. The molecule has 2 aliphatic rings. The molecule has 0 saturated carbocycles. The highest BCUT2D eigenvalue weighted by Crippen LogP contribution is 2.30. The molecule has 2 fully saturated rings. The van der Waals surface area contributed by atoms with E-state index in [-0.39, 0.29) is 35.1 Å².